The molecule has 0 unspecified atom stereocenters. The van der Waals surface area contributed by atoms with E-state index in [9.17, 15) is 4.79 Å². The van der Waals surface area contributed by atoms with Gasteiger partial charge >= 0.3 is 0 Å². The van der Waals surface area contributed by atoms with Crippen LogP contribution in [0.2, 0.25) is 5.02 Å². The number of rotatable bonds is 8. The fourth-order valence-corrected chi connectivity index (χ4v) is 5.55. The number of piperidine rings is 1. The topological polar surface area (TPSA) is 58.1 Å². The number of aromatic nitrogens is 2. The molecule has 5 rings (SSSR count). The van der Waals surface area contributed by atoms with Crippen LogP contribution in [0.25, 0.3) is 0 Å². The number of benzene rings is 3. The summed E-state index contributed by atoms with van der Waals surface area (Å²) < 4.78 is 4.56. The second kappa shape index (κ2) is 11.7. The second-order valence-corrected chi connectivity index (χ2v) is 10.4. The first-order valence-corrected chi connectivity index (χ1v) is 13.5. The molecule has 7 heteroatoms. The van der Waals surface area contributed by atoms with Gasteiger partial charge in [-0.15, -0.1) is 0 Å². The lowest BCUT2D eigenvalue weighted by Crippen LogP contribution is -2.40. The average molecular weight is 517 g/mol. The van der Waals surface area contributed by atoms with Gasteiger partial charge in [0.2, 0.25) is 11.0 Å². The lowest BCUT2D eigenvalue weighted by Gasteiger charge is -2.31. The zero-order chi connectivity index (χ0) is 24.7. The van der Waals surface area contributed by atoms with Crippen molar-refractivity contribution in [2.45, 2.75) is 25.2 Å². The number of amides is 1. The second-order valence-electron chi connectivity index (χ2n) is 9.23. The molecular formula is C29H29ClN4OS. The summed E-state index contributed by atoms with van der Waals surface area (Å²) in [5, 5.41) is 4.96. The Bertz CT molecular complexity index is 1220. The van der Waals surface area contributed by atoms with E-state index < -0.39 is 0 Å². The van der Waals surface area contributed by atoms with Gasteiger partial charge in [-0.25, -0.2) is 4.98 Å². The fourth-order valence-electron chi connectivity index (χ4n) is 4.69. The Hall–Kier alpha value is -3.22. The van der Waals surface area contributed by atoms with E-state index in [0.717, 1.165) is 58.6 Å². The van der Waals surface area contributed by atoms with Crippen molar-refractivity contribution in [1.29, 1.82) is 0 Å². The van der Waals surface area contributed by atoms with Crippen LogP contribution < -0.4 is 10.2 Å². The van der Waals surface area contributed by atoms with E-state index in [1.165, 1.54) is 11.5 Å². The summed E-state index contributed by atoms with van der Waals surface area (Å²) in [6.45, 7) is 2.55. The maximum atomic E-state index is 13.3. The molecule has 1 amide bonds. The van der Waals surface area contributed by atoms with Gasteiger partial charge in [0.05, 0.1) is 5.92 Å². The number of nitrogens with zero attached hydrogens (tertiary/aromatic N) is 3. The zero-order valence-electron chi connectivity index (χ0n) is 20.0. The van der Waals surface area contributed by atoms with Gasteiger partial charge in [-0.1, -0.05) is 84.4 Å². The number of hydrogen-bond acceptors (Lipinski definition) is 5. The largest absolute Gasteiger partial charge is 0.355 e. The third-order valence-corrected chi connectivity index (χ3v) is 7.78. The molecule has 0 atom stereocenters. The standard InChI is InChI=1S/C29H29ClN4OS/c30-25-13-11-21(12-14-25)19-26-32-29(36-33-26)34-17-15-22(16-18-34)20-31-28(35)27(23-7-3-1-4-8-23)24-9-5-2-6-10-24/h1-14,22,27H,15-20H2,(H,31,35). The first-order chi connectivity index (χ1) is 17.7. The van der Waals surface area contributed by atoms with E-state index in [0.29, 0.717) is 18.9 Å². The molecule has 1 aromatic heterocycles. The van der Waals surface area contributed by atoms with E-state index in [1.807, 2.05) is 84.9 Å². The van der Waals surface area contributed by atoms with Crippen LogP contribution in [0.1, 0.15) is 41.3 Å². The molecule has 3 aromatic carbocycles. The van der Waals surface area contributed by atoms with Crippen molar-refractivity contribution in [3.63, 3.8) is 0 Å². The molecule has 2 heterocycles. The normalized spacial score (nSPS) is 14.2. The molecule has 184 valence electrons. The Kier molecular flexibility index (Phi) is 7.94. The highest BCUT2D eigenvalue weighted by Gasteiger charge is 2.26. The Morgan fingerprint density at radius 3 is 2.17 bits per heavy atom. The third kappa shape index (κ3) is 6.12. The highest BCUT2D eigenvalue weighted by molar-refractivity contribution is 7.09. The van der Waals surface area contributed by atoms with Gasteiger partial charge in [-0.2, -0.15) is 4.37 Å². The van der Waals surface area contributed by atoms with Crippen LogP contribution >= 0.6 is 23.1 Å². The van der Waals surface area contributed by atoms with Gasteiger partial charge in [-0.05, 0) is 47.6 Å². The van der Waals surface area contributed by atoms with Crippen molar-refractivity contribution in [3.05, 3.63) is 112 Å². The predicted molar refractivity (Wildman–Crippen MR) is 147 cm³/mol. The van der Waals surface area contributed by atoms with E-state index >= 15 is 0 Å². The molecular weight excluding hydrogens is 488 g/mol. The van der Waals surface area contributed by atoms with E-state index in [-0.39, 0.29) is 11.8 Å². The predicted octanol–water partition coefficient (Wildman–Crippen LogP) is 5.95. The monoisotopic (exact) mass is 516 g/mol. The molecule has 0 radical (unpaired) electrons. The molecule has 0 spiro atoms. The van der Waals surface area contributed by atoms with Crippen molar-refractivity contribution in [3.8, 4) is 0 Å². The summed E-state index contributed by atoms with van der Waals surface area (Å²) in [7, 11) is 0. The summed E-state index contributed by atoms with van der Waals surface area (Å²) in [4.78, 5) is 20.4. The average Bonchev–Trinajstić information content (AvgIpc) is 3.39. The van der Waals surface area contributed by atoms with Gasteiger partial charge in [-0.3, -0.25) is 4.79 Å². The molecule has 1 saturated heterocycles. The fraction of sp³-hybridized carbons (Fsp3) is 0.276. The van der Waals surface area contributed by atoms with Crippen LogP contribution in [0.15, 0.2) is 84.9 Å². The van der Waals surface area contributed by atoms with E-state index in [1.54, 1.807) is 0 Å². The molecule has 0 aliphatic carbocycles. The van der Waals surface area contributed by atoms with Gasteiger partial charge in [0.1, 0.15) is 5.82 Å². The Balaban J connectivity index is 1.14. The van der Waals surface area contributed by atoms with Gasteiger partial charge in [0, 0.05) is 42.6 Å². The van der Waals surface area contributed by atoms with Crippen molar-refractivity contribution in [2.75, 3.05) is 24.5 Å². The van der Waals surface area contributed by atoms with Crippen molar-refractivity contribution in [2.24, 2.45) is 5.92 Å². The molecule has 36 heavy (non-hydrogen) atoms. The highest BCUT2D eigenvalue weighted by atomic mass is 35.5. The summed E-state index contributed by atoms with van der Waals surface area (Å²) in [6.07, 6.45) is 2.75. The number of anilines is 1. The zero-order valence-corrected chi connectivity index (χ0v) is 21.6. The SMILES string of the molecule is O=C(NCC1CCN(c2nc(Cc3ccc(Cl)cc3)ns2)CC1)C(c1ccccc1)c1ccccc1. The van der Waals surface area contributed by atoms with Gasteiger partial charge in [0.25, 0.3) is 0 Å². The number of halogens is 1. The highest BCUT2D eigenvalue weighted by Crippen LogP contribution is 2.27. The quantitative estimate of drug-likeness (QED) is 0.314. The Morgan fingerprint density at radius 2 is 1.56 bits per heavy atom. The van der Waals surface area contributed by atoms with Crippen LogP contribution in [-0.2, 0) is 11.2 Å². The lowest BCUT2D eigenvalue weighted by molar-refractivity contribution is -0.121. The molecule has 4 aromatic rings. The van der Waals surface area contributed by atoms with Gasteiger partial charge in [0.15, 0.2) is 0 Å². The number of hydrogen-bond donors (Lipinski definition) is 1. The number of nitrogens with one attached hydrogen (secondary N) is 1. The first kappa shape index (κ1) is 24.5. The maximum Gasteiger partial charge on any atom is 0.232 e. The molecule has 0 bridgehead atoms. The summed E-state index contributed by atoms with van der Waals surface area (Å²) in [5.74, 6) is 1.07. The van der Waals surface area contributed by atoms with Gasteiger partial charge < -0.3 is 10.2 Å². The third-order valence-electron chi connectivity index (χ3n) is 6.71. The van der Waals surface area contributed by atoms with Crippen LogP contribution in [0.5, 0.6) is 0 Å². The van der Waals surface area contributed by atoms with Crippen LogP contribution in [-0.4, -0.2) is 34.9 Å². The van der Waals surface area contributed by atoms with Crippen LogP contribution in [0.4, 0.5) is 5.13 Å². The number of carbonyl (C=O) groups excluding carboxylic acids is 1. The van der Waals surface area contributed by atoms with Crippen LogP contribution in [0.3, 0.4) is 0 Å². The molecule has 1 aliphatic heterocycles. The summed E-state index contributed by atoms with van der Waals surface area (Å²) in [5.41, 5.74) is 3.19. The first-order valence-electron chi connectivity index (χ1n) is 12.4. The molecule has 1 aliphatic rings. The molecule has 1 N–H and O–H groups in total. The maximum absolute atomic E-state index is 13.3. The van der Waals surface area contributed by atoms with Crippen molar-refractivity contribution < 1.29 is 4.79 Å². The Labute approximate surface area is 221 Å². The van der Waals surface area contributed by atoms with Crippen LogP contribution in [0, 0.1) is 5.92 Å². The minimum atomic E-state index is -0.298. The Morgan fingerprint density at radius 1 is 0.944 bits per heavy atom. The minimum absolute atomic E-state index is 0.0609. The smallest absolute Gasteiger partial charge is 0.232 e. The summed E-state index contributed by atoms with van der Waals surface area (Å²) in [6, 6.07) is 27.9. The van der Waals surface area contributed by atoms with Crippen molar-refractivity contribution >= 4 is 34.2 Å². The summed E-state index contributed by atoms with van der Waals surface area (Å²) >= 11 is 7.45. The molecule has 5 nitrogen and oxygen atoms in total. The van der Waals surface area contributed by atoms with E-state index in [2.05, 4.69) is 14.6 Å². The number of carbonyl (C=O) groups is 1. The van der Waals surface area contributed by atoms with E-state index in [4.69, 9.17) is 16.6 Å². The molecule has 0 saturated carbocycles. The lowest BCUT2D eigenvalue weighted by atomic mass is 9.90. The van der Waals surface area contributed by atoms with Crippen molar-refractivity contribution in [1.82, 2.24) is 14.7 Å². The minimum Gasteiger partial charge on any atom is -0.355 e. The molecule has 1 fully saturated rings.